The first-order valence-electron chi connectivity index (χ1n) is 9.24. The molecule has 0 spiro atoms. The van der Waals surface area contributed by atoms with Crippen molar-refractivity contribution < 1.29 is 4.74 Å². The molecule has 0 aliphatic heterocycles. The van der Waals surface area contributed by atoms with Crippen LogP contribution in [0, 0.1) is 19.8 Å². The van der Waals surface area contributed by atoms with Gasteiger partial charge in [0.25, 0.3) is 0 Å². The minimum Gasteiger partial charge on any atom is -0.492 e. The highest BCUT2D eigenvalue weighted by Crippen LogP contribution is 2.26. The summed E-state index contributed by atoms with van der Waals surface area (Å²) < 4.78 is 6.31. The molecule has 0 saturated carbocycles. The molecule has 26 heavy (non-hydrogen) atoms. The summed E-state index contributed by atoms with van der Waals surface area (Å²) in [6.45, 7) is 5.93. The third-order valence-corrected chi connectivity index (χ3v) is 6.04. The first-order chi connectivity index (χ1) is 12.7. The monoisotopic (exact) mass is 365 g/mol. The highest BCUT2D eigenvalue weighted by molar-refractivity contribution is 7.55. The van der Waals surface area contributed by atoms with Gasteiger partial charge in [0.15, 0.2) is 0 Å². The van der Waals surface area contributed by atoms with Crippen LogP contribution >= 0.6 is 8.58 Å². The summed E-state index contributed by atoms with van der Waals surface area (Å²) in [5.41, 5.74) is 3.90. The third kappa shape index (κ3) is 4.84. The van der Waals surface area contributed by atoms with Gasteiger partial charge in [-0.15, -0.1) is 0 Å². The standard InChI is InChI=1S/C23H28NOP/c1-17-12-13-21(20(14-17)15-24-3)26-22-11-7-8-18(2)23(22)25-16-19-9-5-4-6-10-19/h4-9,11-14,19,24,26H,10,15-16H2,1-3H3. The van der Waals surface area contributed by atoms with E-state index in [1.54, 1.807) is 0 Å². The van der Waals surface area contributed by atoms with Gasteiger partial charge in [-0.05, 0) is 43.7 Å². The lowest BCUT2D eigenvalue weighted by atomic mass is 10.0. The van der Waals surface area contributed by atoms with E-state index in [4.69, 9.17) is 4.74 Å². The van der Waals surface area contributed by atoms with Crippen molar-refractivity contribution in [2.75, 3.05) is 13.7 Å². The predicted octanol–water partition coefficient (Wildman–Crippen LogP) is 4.16. The molecule has 1 aliphatic rings. The molecule has 0 saturated heterocycles. The van der Waals surface area contributed by atoms with Crippen molar-refractivity contribution in [2.45, 2.75) is 26.8 Å². The van der Waals surface area contributed by atoms with E-state index < -0.39 is 0 Å². The van der Waals surface area contributed by atoms with Crippen LogP contribution in [0.4, 0.5) is 0 Å². The van der Waals surface area contributed by atoms with Crippen LogP contribution in [-0.4, -0.2) is 13.7 Å². The number of ether oxygens (including phenoxy) is 1. The first kappa shape index (κ1) is 18.9. The van der Waals surface area contributed by atoms with E-state index in [0.717, 1.165) is 25.3 Å². The Morgan fingerprint density at radius 3 is 2.77 bits per heavy atom. The van der Waals surface area contributed by atoms with Gasteiger partial charge in [0.2, 0.25) is 0 Å². The number of rotatable bonds is 7. The van der Waals surface area contributed by atoms with Crippen molar-refractivity contribution in [1.29, 1.82) is 0 Å². The molecule has 2 unspecified atom stereocenters. The molecule has 2 nitrogen and oxygen atoms in total. The molecule has 0 amide bonds. The van der Waals surface area contributed by atoms with Gasteiger partial charge >= 0.3 is 0 Å². The van der Waals surface area contributed by atoms with E-state index in [9.17, 15) is 0 Å². The van der Waals surface area contributed by atoms with Crippen molar-refractivity contribution in [2.24, 2.45) is 5.92 Å². The Morgan fingerprint density at radius 2 is 2.00 bits per heavy atom. The molecule has 0 aromatic heterocycles. The average molecular weight is 365 g/mol. The average Bonchev–Trinajstić information content (AvgIpc) is 2.64. The largest absolute Gasteiger partial charge is 0.492 e. The van der Waals surface area contributed by atoms with E-state index >= 15 is 0 Å². The Balaban J connectivity index is 1.81. The zero-order valence-electron chi connectivity index (χ0n) is 15.9. The lowest BCUT2D eigenvalue weighted by Crippen LogP contribution is -2.18. The zero-order chi connectivity index (χ0) is 18.4. The van der Waals surface area contributed by atoms with Crippen molar-refractivity contribution in [3.05, 3.63) is 77.4 Å². The van der Waals surface area contributed by atoms with E-state index in [1.165, 1.54) is 27.3 Å². The minimum atomic E-state index is 0.468. The maximum absolute atomic E-state index is 6.31. The number of aryl methyl sites for hydroxylation is 2. The van der Waals surface area contributed by atoms with Crippen LogP contribution in [0.25, 0.3) is 0 Å². The molecule has 0 fully saturated rings. The highest BCUT2D eigenvalue weighted by atomic mass is 31.1. The maximum atomic E-state index is 6.31. The Morgan fingerprint density at radius 1 is 1.12 bits per heavy atom. The summed E-state index contributed by atoms with van der Waals surface area (Å²) in [4.78, 5) is 0. The van der Waals surface area contributed by atoms with Crippen LogP contribution in [-0.2, 0) is 6.54 Å². The van der Waals surface area contributed by atoms with Crippen molar-refractivity contribution in [1.82, 2.24) is 5.32 Å². The van der Waals surface area contributed by atoms with Gasteiger partial charge in [-0.3, -0.25) is 0 Å². The van der Waals surface area contributed by atoms with E-state index in [-0.39, 0.29) is 0 Å². The molecule has 0 bridgehead atoms. The maximum Gasteiger partial charge on any atom is 0.129 e. The lowest BCUT2D eigenvalue weighted by molar-refractivity contribution is 0.276. The Bertz CT molecular complexity index is 810. The van der Waals surface area contributed by atoms with Crippen LogP contribution in [0.2, 0.25) is 0 Å². The lowest BCUT2D eigenvalue weighted by Gasteiger charge is -2.19. The highest BCUT2D eigenvalue weighted by Gasteiger charge is 2.13. The van der Waals surface area contributed by atoms with Crippen LogP contribution in [0.3, 0.4) is 0 Å². The zero-order valence-corrected chi connectivity index (χ0v) is 16.9. The molecule has 136 valence electrons. The smallest absolute Gasteiger partial charge is 0.129 e. The molecule has 0 heterocycles. The van der Waals surface area contributed by atoms with Gasteiger partial charge in [-0.25, -0.2) is 0 Å². The molecule has 2 atom stereocenters. The summed E-state index contributed by atoms with van der Waals surface area (Å²) >= 11 is 0. The molecule has 3 rings (SSSR count). The van der Waals surface area contributed by atoms with Crippen molar-refractivity contribution >= 4 is 19.2 Å². The Kier molecular flexibility index (Phi) is 6.66. The second-order valence-corrected chi connectivity index (χ2v) is 8.21. The second kappa shape index (κ2) is 9.16. The summed E-state index contributed by atoms with van der Waals surface area (Å²) in [6, 6.07) is 13.2. The Labute approximate surface area is 159 Å². The number of para-hydroxylation sites is 1. The molecular weight excluding hydrogens is 337 g/mol. The number of nitrogens with one attached hydrogen (secondary N) is 1. The van der Waals surface area contributed by atoms with Gasteiger partial charge in [-0.2, -0.15) is 0 Å². The topological polar surface area (TPSA) is 21.3 Å². The SMILES string of the molecule is CNCc1cc(C)ccc1Pc1cccc(C)c1OCC1C=CC=CC1. The number of hydrogen-bond donors (Lipinski definition) is 1. The normalized spacial score (nSPS) is 16.5. The molecule has 1 aliphatic carbocycles. The van der Waals surface area contributed by atoms with Gasteiger partial charge in [0.05, 0.1) is 6.61 Å². The first-order valence-corrected chi connectivity index (χ1v) is 10.2. The predicted molar refractivity (Wildman–Crippen MR) is 115 cm³/mol. The fourth-order valence-electron chi connectivity index (χ4n) is 3.21. The van der Waals surface area contributed by atoms with E-state index in [1.807, 2.05) is 7.05 Å². The van der Waals surface area contributed by atoms with Crippen LogP contribution < -0.4 is 20.7 Å². The summed E-state index contributed by atoms with van der Waals surface area (Å²) in [6.07, 6.45) is 9.74. The second-order valence-electron chi connectivity index (χ2n) is 6.89. The van der Waals surface area contributed by atoms with Crippen LogP contribution in [0.5, 0.6) is 5.75 Å². The molecule has 0 radical (unpaired) electrons. The minimum absolute atomic E-state index is 0.468. The Hall–Kier alpha value is -1.89. The number of allylic oxidation sites excluding steroid dienone is 3. The molecule has 2 aromatic rings. The number of benzene rings is 2. The van der Waals surface area contributed by atoms with Gasteiger partial charge in [0, 0.05) is 17.8 Å². The summed E-state index contributed by atoms with van der Waals surface area (Å²) in [5, 5.41) is 5.97. The number of hydrogen-bond acceptors (Lipinski definition) is 2. The van der Waals surface area contributed by atoms with Crippen LogP contribution in [0.1, 0.15) is 23.1 Å². The van der Waals surface area contributed by atoms with Crippen molar-refractivity contribution in [3.8, 4) is 5.75 Å². The van der Waals surface area contributed by atoms with E-state index in [2.05, 4.69) is 79.9 Å². The molecular formula is C23H28NOP. The third-order valence-electron chi connectivity index (χ3n) is 4.62. The molecule has 2 aromatic carbocycles. The molecule has 1 N–H and O–H groups in total. The fraction of sp³-hybridized carbons (Fsp3) is 0.304. The van der Waals surface area contributed by atoms with Gasteiger partial charge in [0.1, 0.15) is 5.75 Å². The van der Waals surface area contributed by atoms with Crippen LogP contribution in [0.15, 0.2) is 60.7 Å². The van der Waals surface area contributed by atoms with E-state index in [0.29, 0.717) is 14.5 Å². The van der Waals surface area contributed by atoms with Crippen molar-refractivity contribution in [3.63, 3.8) is 0 Å². The molecule has 3 heteroatoms. The summed E-state index contributed by atoms with van der Waals surface area (Å²) in [7, 11) is 2.60. The fourth-order valence-corrected chi connectivity index (χ4v) is 4.55. The van der Waals surface area contributed by atoms with Gasteiger partial charge in [-0.1, -0.05) is 74.8 Å². The van der Waals surface area contributed by atoms with Gasteiger partial charge < -0.3 is 10.1 Å². The quantitative estimate of drug-likeness (QED) is 0.744. The summed E-state index contributed by atoms with van der Waals surface area (Å²) in [5.74, 6) is 1.53.